The predicted octanol–water partition coefficient (Wildman–Crippen LogP) is 5.92. The standard InChI is InChI=1S/C25H21ClFNO3/c26-22-11-17(1-9-21(22)18-3-4-18)14-30-20-7-5-19(6-8-20)24(29)15-31-25-12-16(13-28)2-10-23(25)27/h1-2,5-12,18,24,29H,3-4,14-15H2. The molecule has 0 heterocycles. The van der Waals surface area contributed by atoms with E-state index in [9.17, 15) is 9.50 Å². The molecule has 0 aromatic heterocycles. The fourth-order valence-electron chi connectivity index (χ4n) is 3.29. The molecule has 1 saturated carbocycles. The van der Waals surface area contributed by atoms with Crippen molar-refractivity contribution in [1.29, 1.82) is 5.26 Å². The molecule has 0 saturated heterocycles. The molecule has 0 spiro atoms. The molecule has 3 aromatic carbocycles. The number of rotatable bonds is 8. The van der Waals surface area contributed by atoms with E-state index >= 15 is 0 Å². The zero-order chi connectivity index (χ0) is 21.8. The molecule has 1 fully saturated rings. The topological polar surface area (TPSA) is 62.5 Å². The van der Waals surface area contributed by atoms with Crippen LogP contribution in [0.15, 0.2) is 60.7 Å². The number of nitrogens with zero attached hydrogens (tertiary/aromatic N) is 1. The summed E-state index contributed by atoms with van der Waals surface area (Å²) in [5.41, 5.74) is 3.11. The fraction of sp³-hybridized carbons (Fsp3) is 0.240. The molecular formula is C25H21ClFNO3. The molecule has 1 N–H and O–H groups in total. The van der Waals surface area contributed by atoms with E-state index in [4.69, 9.17) is 26.3 Å². The van der Waals surface area contributed by atoms with Crippen LogP contribution in [0.5, 0.6) is 11.5 Å². The van der Waals surface area contributed by atoms with Gasteiger partial charge in [-0.15, -0.1) is 0 Å². The minimum Gasteiger partial charge on any atom is -0.489 e. The van der Waals surface area contributed by atoms with Crippen LogP contribution in [0.25, 0.3) is 0 Å². The Hall–Kier alpha value is -3.07. The molecule has 0 aliphatic heterocycles. The molecule has 1 unspecified atom stereocenters. The Bertz CT molecular complexity index is 1110. The van der Waals surface area contributed by atoms with Crippen molar-refractivity contribution in [2.45, 2.75) is 31.5 Å². The van der Waals surface area contributed by atoms with Gasteiger partial charge in [0.05, 0.1) is 11.6 Å². The van der Waals surface area contributed by atoms with E-state index in [0.717, 1.165) is 10.6 Å². The molecular weight excluding hydrogens is 417 g/mol. The smallest absolute Gasteiger partial charge is 0.165 e. The molecule has 158 valence electrons. The van der Waals surface area contributed by atoms with E-state index in [1.54, 1.807) is 24.3 Å². The van der Waals surface area contributed by atoms with Crippen LogP contribution in [0, 0.1) is 17.1 Å². The second-order valence-electron chi connectivity index (χ2n) is 7.57. The highest BCUT2D eigenvalue weighted by atomic mass is 35.5. The lowest BCUT2D eigenvalue weighted by atomic mass is 10.1. The van der Waals surface area contributed by atoms with Gasteiger partial charge in [-0.05, 0) is 65.8 Å². The molecule has 4 nitrogen and oxygen atoms in total. The van der Waals surface area contributed by atoms with Crippen LogP contribution in [0.1, 0.15) is 47.1 Å². The van der Waals surface area contributed by atoms with Crippen molar-refractivity contribution in [2.75, 3.05) is 6.61 Å². The Morgan fingerprint density at radius 3 is 2.52 bits per heavy atom. The summed E-state index contributed by atoms with van der Waals surface area (Å²) in [6.07, 6.45) is 1.47. The van der Waals surface area contributed by atoms with Gasteiger partial charge in [0.1, 0.15) is 25.1 Å². The highest BCUT2D eigenvalue weighted by molar-refractivity contribution is 6.31. The van der Waals surface area contributed by atoms with E-state index < -0.39 is 11.9 Å². The summed E-state index contributed by atoms with van der Waals surface area (Å²) in [5, 5.41) is 20.0. The van der Waals surface area contributed by atoms with Gasteiger partial charge in [0.2, 0.25) is 0 Å². The number of nitriles is 1. The lowest BCUT2D eigenvalue weighted by Gasteiger charge is -2.14. The van der Waals surface area contributed by atoms with Gasteiger partial charge in [-0.2, -0.15) is 5.26 Å². The summed E-state index contributed by atoms with van der Waals surface area (Å²) in [4.78, 5) is 0. The Morgan fingerprint density at radius 1 is 1.06 bits per heavy atom. The van der Waals surface area contributed by atoms with E-state index in [2.05, 4.69) is 6.07 Å². The van der Waals surface area contributed by atoms with Gasteiger partial charge in [0.15, 0.2) is 11.6 Å². The van der Waals surface area contributed by atoms with Crippen LogP contribution in [-0.2, 0) is 6.61 Å². The molecule has 1 atom stereocenters. The average molecular weight is 438 g/mol. The van der Waals surface area contributed by atoms with Gasteiger partial charge >= 0.3 is 0 Å². The zero-order valence-corrected chi connectivity index (χ0v) is 17.5. The first kappa shape index (κ1) is 21.2. The highest BCUT2D eigenvalue weighted by Crippen LogP contribution is 2.43. The van der Waals surface area contributed by atoms with Crippen LogP contribution in [0.3, 0.4) is 0 Å². The summed E-state index contributed by atoms with van der Waals surface area (Å²) in [5.74, 6) is 0.619. The van der Waals surface area contributed by atoms with E-state index in [-0.39, 0.29) is 17.9 Å². The van der Waals surface area contributed by atoms with Crippen LogP contribution in [-0.4, -0.2) is 11.7 Å². The van der Waals surface area contributed by atoms with Crippen LogP contribution in [0.4, 0.5) is 4.39 Å². The number of ether oxygens (including phenoxy) is 2. The predicted molar refractivity (Wildman–Crippen MR) is 116 cm³/mol. The number of aliphatic hydroxyl groups is 1. The second kappa shape index (κ2) is 9.38. The summed E-state index contributed by atoms with van der Waals surface area (Å²) < 4.78 is 25.0. The lowest BCUT2D eigenvalue weighted by molar-refractivity contribution is 0.106. The van der Waals surface area contributed by atoms with Crippen molar-refractivity contribution < 1.29 is 19.0 Å². The quantitative estimate of drug-likeness (QED) is 0.475. The van der Waals surface area contributed by atoms with Crippen molar-refractivity contribution >= 4 is 11.6 Å². The van der Waals surface area contributed by atoms with Gasteiger partial charge in [-0.1, -0.05) is 35.9 Å². The number of hydrogen-bond donors (Lipinski definition) is 1. The van der Waals surface area contributed by atoms with Gasteiger partial charge in [-0.25, -0.2) is 4.39 Å². The Balaban J connectivity index is 1.31. The third kappa shape index (κ3) is 5.35. The van der Waals surface area contributed by atoms with E-state index in [0.29, 0.717) is 23.8 Å². The molecule has 0 bridgehead atoms. The number of aliphatic hydroxyl groups excluding tert-OH is 1. The molecule has 4 rings (SSSR count). The van der Waals surface area contributed by atoms with Gasteiger partial charge in [-0.3, -0.25) is 0 Å². The van der Waals surface area contributed by atoms with E-state index in [1.165, 1.54) is 36.6 Å². The van der Waals surface area contributed by atoms with Crippen molar-refractivity contribution in [3.05, 3.63) is 93.8 Å². The van der Waals surface area contributed by atoms with Crippen molar-refractivity contribution in [3.63, 3.8) is 0 Å². The first-order chi connectivity index (χ1) is 15.0. The number of halogens is 2. The Morgan fingerprint density at radius 2 is 1.84 bits per heavy atom. The normalized spacial score (nSPS) is 14.0. The third-order valence-electron chi connectivity index (χ3n) is 5.21. The van der Waals surface area contributed by atoms with Gasteiger partial charge in [0.25, 0.3) is 0 Å². The number of hydrogen-bond acceptors (Lipinski definition) is 4. The van der Waals surface area contributed by atoms with Crippen molar-refractivity contribution in [2.24, 2.45) is 0 Å². The van der Waals surface area contributed by atoms with Gasteiger partial charge < -0.3 is 14.6 Å². The van der Waals surface area contributed by atoms with Crippen LogP contribution < -0.4 is 9.47 Å². The molecule has 1 aliphatic rings. The maximum Gasteiger partial charge on any atom is 0.165 e. The average Bonchev–Trinajstić information content (AvgIpc) is 3.62. The molecule has 1 aliphatic carbocycles. The van der Waals surface area contributed by atoms with Crippen molar-refractivity contribution in [3.8, 4) is 17.6 Å². The zero-order valence-electron chi connectivity index (χ0n) is 16.7. The van der Waals surface area contributed by atoms with E-state index in [1.807, 2.05) is 18.2 Å². The van der Waals surface area contributed by atoms with Crippen LogP contribution >= 0.6 is 11.6 Å². The first-order valence-corrected chi connectivity index (χ1v) is 10.4. The third-order valence-corrected chi connectivity index (χ3v) is 5.54. The summed E-state index contributed by atoms with van der Waals surface area (Å²) in [6.45, 7) is 0.252. The molecule has 3 aromatic rings. The Kier molecular flexibility index (Phi) is 6.41. The maximum atomic E-state index is 13.8. The van der Waals surface area contributed by atoms with Gasteiger partial charge in [0, 0.05) is 11.1 Å². The maximum absolute atomic E-state index is 13.8. The second-order valence-corrected chi connectivity index (χ2v) is 7.98. The summed E-state index contributed by atoms with van der Waals surface area (Å²) in [6, 6.07) is 18.8. The Labute approximate surface area is 185 Å². The molecule has 0 radical (unpaired) electrons. The largest absolute Gasteiger partial charge is 0.489 e. The van der Waals surface area contributed by atoms with Crippen LogP contribution in [0.2, 0.25) is 5.02 Å². The summed E-state index contributed by atoms with van der Waals surface area (Å²) >= 11 is 6.37. The highest BCUT2D eigenvalue weighted by Gasteiger charge is 2.25. The molecule has 0 amide bonds. The molecule has 31 heavy (non-hydrogen) atoms. The fourth-order valence-corrected chi connectivity index (χ4v) is 3.64. The SMILES string of the molecule is N#Cc1ccc(F)c(OCC(O)c2ccc(OCc3ccc(C4CC4)c(Cl)c3)cc2)c1. The lowest BCUT2D eigenvalue weighted by Crippen LogP contribution is -2.10. The monoisotopic (exact) mass is 437 g/mol. The minimum atomic E-state index is -0.951. The summed E-state index contributed by atoms with van der Waals surface area (Å²) in [7, 11) is 0. The van der Waals surface area contributed by atoms with Crippen molar-refractivity contribution in [1.82, 2.24) is 0 Å². The number of benzene rings is 3. The molecule has 6 heteroatoms. The first-order valence-electron chi connectivity index (χ1n) is 10.0. The minimum absolute atomic E-state index is 0.0654.